The average molecular weight is 340 g/mol. The van der Waals surface area contributed by atoms with Crippen LogP contribution in [-0.2, 0) is 14.3 Å². The van der Waals surface area contributed by atoms with Crippen molar-refractivity contribution < 1.29 is 19.4 Å². The maximum Gasteiger partial charge on any atom is 0.288 e. The van der Waals surface area contributed by atoms with Gasteiger partial charge in [0.05, 0.1) is 6.61 Å². The number of hydrogen-bond donors (Lipinski definition) is 1. The van der Waals surface area contributed by atoms with Crippen molar-refractivity contribution in [3.8, 4) is 0 Å². The Morgan fingerprint density at radius 1 is 1.33 bits per heavy atom. The van der Waals surface area contributed by atoms with Gasteiger partial charge in [-0.15, -0.1) is 0 Å². The van der Waals surface area contributed by atoms with Crippen molar-refractivity contribution in [2.75, 3.05) is 46.4 Å². The summed E-state index contributed by atoms with van der Waals surface area (Å²) in [5.74, 6) is 1.15. The highest BCUT2D eigenvalue weighted by molar-refractivity contribution is 5.91. The lowest BCUT2D eigenvalue weighted by molar-refractivity contribution is -0.157. The lowest BCUT2D eigenvalue weighted by Gasteiger charge is -2.36. The Morgan fingerprint density at radius 3 is 2.67 bits per heavy atom. The van der Waals surface area contributed by atoms with E-state index in [-0.39, 0.29) is 24.7 Å². The van der Waals surface area contributed by atoms with E-state index in [0.29, 0.717) is 18.3 Å². The summed E-state index contributed by atoms with van der Waals surface area (Å²) in [7, 11) is 2.07. The Morgan fingerprint density at radius 2 is 2.04 bits per heavy atom. The van der Waals surface area contributed by atoms with Crippen molar-refractivity contribution in [1.82, 2.24) is 9.80 Å². The fourth-order valence-corrected chi connectivity index (χ4v) is 3.00. The van der Waals surface area contributed by atoms with E-state index < -0.39 is 0 Å². The van der Waals surface area contributed by atoms with Crippen LogP contribution in [0.15, 0.2) is 11.8 Å². The van der Waals surface area contributed by atoms with E-state index in [1.54, 1.807) is 0 Å². The minimum atomic E-state index is -0.368. The topological polar surface area (TPSA) is 62.2 Å². The van der Waals surface area contributed by atoms with Crippen LogP contribution in [0, 0.1) is 11.8 Å². The molecule has 138 valence electrons. The predicted molar refractivity (Wildman–Crippen MR) is 92.2 cm³/mol. The van der Waals surface area contributed by atoms with Gasteiger partial charge in [0.15, 0.2) is 5.76 Å². The monoisotopic (exact) mass is 340 g/mol. The van der Waals surface area contributed by atoms with Crippen LogP contribution in [0.5, 0.6) is 0 Å². The van der Waals surface area contributed by atoms with Gasteiger partial charge in [0, 0.05) is 39.2 Å². The van der Waals surface area contributed by atoms with Crippen molar-refractivity contribution >= 4 is 5.91 Å². The summed E-state index contributed by atoms with van der Waals surface area (Å²) in [6.45, 7) is 8.32. The summed E-state index contributed by atoms with van der Waals surface area (Å²) >= 11 is 0. The molecule has 0 aromatic rings. The summed E-state index contributed by atoms with van der Waals surface area (Å²) in [4.78, 5) is 16.9. The van der Waals surface area contributed by atoms with E-state index in [1.807, 2.05) is 11.0 Å². The summed E-state index contributed by atoms with van der Waals surface area (Å²) in [6, 6.07) is 0. The summed E-state index contributed by atoms with van der Waals surface area (Å²) in [6.07, 6.45) is 3.92. The molecule has 0 bridgehead atoms. The highest BCUT2D eigenvalue weighted by Gasteiger charge is 2.32. The quantitative estimate of drug-likeness (QED) is 0.711. The number of nitrogens with zero attached hydrogens (tertiary/aromatic N) is 2. The van der Waals surface area contributed by atoms with Crippen LogP contribution in [0.1, 0.15) is 33.1 Å². The zero-order chi connectivity index (χ0) is 17.5. The third kappa shape index (κ3) is 5.46. The van der Waals surface area contributed by atoms with Gasteiger partial charge in [-0.25, -0.2) is 0 Å². The predicted octanol–water partition coefficient (Wildman–Crippen LogP) is 1.45. The van der Waals surface area contributed by atoms with Crippen LogP contribution >= 0.6 is 0 Å². The minimum absolute atomic E-state index is 0.0163. The first-order valence-corrected chi connectivity index (χ1v) is 9.10. The maximum absolute atomic E-state index is 12.8. The van der Waals surface area contributed by atoms with Crippen molar-refractivity contribution in [3.05, 3.63) is 11.8 Å². The van der Waals surface area contributed by atoms with E-state index in [4.69, 9.17) is 14.6 Å². The molecular formula is C18H32N2O4. The molecule has 0 spiro atoms. The molecule has 1 N–H and O–H groups in total. The number of aliphatic hydroxyl groups excluding tert-OH is 1. The molecule has 2 aliphatic rings. The van der Waals surface area contributed by atoms with Gasteiger partial charge in [-0.05, 0) is 37.8 Å². The molecule has 0 radical (unpaired) electrons. The van der Waals surface area contributed by atoms with Crippen LogP contribution < -0.4 is 0 Å². The van der Waals surface area contributed by atoms with Crippen molar-refractivity contribution in [2.45, 2.75) is 39.4 Å². The van der Waals surface area contributed by atoms with Crippen LogP contribution in [-0.4, -0.2) is 73.5 Å². The highest BCUT2D eigenvalue weighted by Crippen LogP contribution is 2.29. The maximum atomic E-state index is 12.8. The first-order chi connectivity index (χ1) is 11.5. The molecule has 2 aliphatic heterocycles. The van der Waals surface area contributed by atoms with Crippen molar-refractivity contribution in [3.63, 3.8) is 0 Å². The lowest BCUT2D eigenvalue weighted by Crippen LogP contribution is -2.48. The molecule has 1 amide bonds. The molecule has 24 heavy (non-hydrogen) atoms. The van der Waals surface area contributed by atoms with Gasteiger partial charge < -0.3 is 24.4 Å². The standard InChI is InChI=1S/C18H32N2O4/c1-14(2)15-12-16(18(22)20-8-6-19(3)7-9-20)24-17(13-15)23-11-5-4-10-21/h12,14-15,17,21H,4-11,13H2,1-3H3/t15-,17+/m1/s1. The molecule has 1 fully saturated rings. The van der Waals surface area contributed by atoms with Gasteiger partial charge in [0.1, 0.15) is 0 Å². The summed E-state index contributed by atoms with van der Waals surface area (Å²) in [5, 5.41) is 8.85. The number of amides is 1. The first kappa shape index (κ1) is 19.2. The Labute approximate surface area is 145 Å². The Bertz CT molecular complexity index is 431. The molecule has 0 aromatic heterocycles. The summed E-state index contributed by atoms with van der Waals surface area (Å²) < 4.78 is 11.7. The molecule has 2 heterocycles. The molecule has 0 aliphatic carbocycles. The molecule has 0 aromatic carbocycles. The molecule has 1 saturated heterocycles. The van der Waals surface area contributed by atoms with Crippen LogP contribution in [0.2, 0.25) is 0 Å². The molecular weight excluding hydrogens is 308 g/mol. The average Bonchev–Trinajstić information content (AvgIpc) is 2.58. The molecule has 0 saturated carbocycles. The normalized spacial score (nSPS) is 25.5. The van der Waals surface area contributed by atoms with E-state index in [0.717, 1.165) is 45.4 Å². The molecule has 6 nitrogen and oxygen atoms in total. The first-order valence-electron chi connectivity index (χ1n) is 9.10. The summed E-state index contributed by atoms with van der Waals surface area (Å²) in [5.41, 5.74) is 0. The van der Waals surface area contributed by atoms with Gasteiger partial charge in [0.2, 0.25) is 6.29 Å². The Hall–Kier alpha value is -1.11. The number of hydrogen-bond acceptors (Lipinski definition) is 5. The number of piperazine rings is 1. The highest BCUT2D eigenvalue weighted by atomic mass is 16.7. The second-order valence-corrected chi connectivity index (χ2v) is 7.12. The van der Waals surface area contributed by atoms with Crippen molar-refractivity contribution in [1.29, 1.82) is 0 Å². The second-order valence-electron chi connectivity index (χ2n) is 7.12. The van der Waals surface area contributed by atoms with E-state index >= 15 is 0 Å². The van der Waals surface area contributed by atoms with Gasteiger partial charge >= 0.3 is 0 Å². The number of allylic oxidation sites excluding steroid dienone is 1. The van der Waals surface area contributed by atoms with Gasteiger partial charge in [-0.1, -0.05) is 13.8 Å². The van der Waals surface area contributed by atoms with Crippen LogP contribution in [0.4, 0.5) is 0 Å². The minimum Gasteiger partial charge on any atom is -0.459 e. The Balaban J connectivity index is 1.96. The van der Waals surface area contributed by atoms with E-state index in [2.05, 4.69) is 25.8 Å². The van der Waals surface area contributed by atoms with Gasteiger partial charge in [-0.3, -0.25) is 4.79 Å². The number of likely N-dealkylation sites (N-methyl/N-ethyl adjacent to an activating group) is 1. The molecule has 2 rings (SSSR count). The molecule has 6 heteroatoms. The number of aliphatic hydroxyl groups is 1. The number of rotatable bonds is 7. The smallest absolute Gasteiger partial charge is 0.288 e. The fourth-order valence-electron chi connectivity index (χ4n) is 3.00. The molecule has 2 atom stereocenters. The van der Waals surface area contributed by atoms with Crippen LogP contribution in [0.3, 0.4) is 0 Å². The number of carbonyl (C=O) groups excluding carboxylic acids is 1. The third-order valence-corrected chi connectivity index (χ3v) is 4.80. The third-order valence-electron chi connectivity index (χ3n) is 4.80. The Kier molecular flexibility index (Phi) is 7.52. The zero-order valence-electron chi connectivity index (χ0n) is 15.2. The van der Waals surface area contributed by atoms with E-state index in [9.17, 15) is 4.79 Å². The van der Waals surface area contributed by atoms with Gasteiger partial charge in [0.25, 0.3) is 5.91 Å². The number of unbranched alkanes of at least 4 members (excludes halogenated alkanes) is 1. The molecule has 0 unspecified atom stereocenters. The lowest BCUT2D eigenvalue weighted by atomic mass is 9.90. The fraction of sp³-hybridized carbons (Fsp3) is 0.833. The van der Waals surface area contributed by atoms with Gasteiger partial charge in [-0.2, -0.15) is 0 Å². The number of carbonyl (C=O) groups is 1. The van der Waals surface area contributed by atoms with Crippen LogP contribution in [0.25, 0.3) is 0 Å². The second kappa shape index (κ2) is 9.39. The SMILES string of the molecule is CC(C)[C@@H]1C=C(C(=O)N2CCN(C)CC2)O[C@H](OCCCCO)C1. The zero-order valence-corrected chi connectivity index (χ0v) is 15.2. The van der Waals surface area contributed by atoms with Crippen molar-refractivity contribution in [2.24, 2.45) is 11.8 Å². The van der Waals surface area contributed by atoms with E-state index in [1.165, 1.54) is 0 Å². The number of ether oxygens (including phenoxy) is 2. The largest absolute Gasteiger partial charge is 0.459 e.